The van der Waals surface area contributed by atoms with Crippen molar-refractivity contribution in [2.24, 2.45) is 28.5 Å². The van der Waals surface area contributed by atoms with E-state index in [4.69, 9.17) is 0 Å². The summed E-state index contributed by atoms with van der Waals surface area (Å²) in [6.45, 7) is 21.2. The van der Waals surface area contributed by atoms with Gasteiger partial charge in [0, 0.05) is 11.8 Å². The van der Waals surface area contributed by atoms with Crippen LogP contribution in [0.5, 0.6) is 0 Å². The van der Waals surface area contributed by atoms with Crippen LogP contribution in [-0.4, -0.2) is 21.1 Å². The zero-order valence-electron chi connectivity index (χ0n) is 27.2. The van der Waals surface area contributed by atoms with Crippen molar-refractivity contribution in [3.63, 3.8) is 0 Å². The van der Waals surface area contributed by atoms with Gasteiger partial charge in [-0.2, -0.15) is 0 Å². The van der Waals surface area contributed by atoms with Crippen LogP contribution < -0.4 is 17.2 Å². The van der Waals surface area contributed by atoms with Gasteiger partial charge < -0.3 is 17.2 Å². The molecule has 0 saturated heterocycles. The Morgan fingerprint density at radius 2 is 1.10 bits per heavy atom. The van der Waals surface area contributed by atoms with Gasteiger partial charge in [-0.3, -0.25) is 0 Å². The average Bonchev–Trinajstić information content (AvgIpc) is 3.53. The molecule has 218 valence electrons. The first-order valence-corrected chi connectivity index (χ1v) is 14.8. The maximum Gasteiger partial charge on any atom is 0.0161 e. The Morgan fingerprint density at radius 1 is 0.667 bits per heavy atom. The molecule has 0 spiro atoms. The van der Waals surface area contributed by atoms with E-state index in [0.717, 1.165) is 0 Å². The van der Waals surface area contributed by atoms with Gasteiger partial charge in [-0.15, -0.1) is 0 Å². The lowest BCUT2D eigenvalue weighted by atomic mass is 9.66. The summed E-state index contributed by atoms with van der Waals surface area (Å²) in [7, 11) is 4.50. The molecule has 4 rings (SSSR count). The third-order valence-electron chi connectivity index (χ3n) is 8.08. The summed E-state index contributed by atoms with van der Waals surface area (Å²) < 4.78 is 0. The van der Waals surface area contributed by atoms with Crippen LogP contribution in [0.1, 0.15) is 110 Å². The number of benzene rings is 2. The van der Waals surface area contributed by atoms with E-state index < -0.39 is 0 Å². The van der Waals surface area contributed by atoms with Crippen molar-refractivity contribution in [1.82, 2.24) is 0 Å². The Hall–Kier alpha value is -2.20. The predicted molar refractivity (Wildman–Crippen MR) is 175 cm³/mol. The van der Waals surface area contributed by atoms with Gasteiger partial charge >= 0.3 is 0 Å². The van der Waals surface area contributed by atoms with Crippen LogP contribution in [0.2, 0.25) is 0 Å². The lowest BCUT2D eigenvalue weighted by Gasteiger charge is -2.37. The monoisotopic (exact) mass is 533 g/mol. The fraction of sp³-hybridized carbons (Fsp3) is 0.556. The third-order valence-corrected chi connectivity index (χ3v) is 8.08. The summed E-state index contributed by atoms with van der Waals surface area (Å²) in [5.41, 5.74) is 24.2. The van der Waals surface area contributed by atoms with Crippen molar-refractivity contribution in [2.45, 2.75) is 98.3 Å². The number of hydrogen-bond donors (Lipinski definition) is 3. The molecule has 1 unspecified atom stereocenters. The molecule has 1 atom stereocenters. The molecule has 0 fully saturated rings. The minimum Gasteiger partial charge on any atom is -0.333 e. The standard InChI is InChI=1S/C33H44.3CH5N/c1-10-11-12-22-13-14-25(19-22)33(8,9)30-26-17-15-23(31(2,3)4)20-28(26)29-21-24(32(5,6)7)16-18-27(29)30;3*1-2/h13-21,25,30H,10-12H2,1-9H3;3*2H2,1H3. The molecule has 3 heteroatoms. The quantitative estimate of drug-likeness (QED) is 0.361. The highest BCUT2D eigenvalue weighted by molar-refractivity contribution is 5.81. The smallest absolute Gasteiger partial charge is 0.0161 e. The Kier molecular flexibility index (Phi) is 12.9. The molecule has 0 amide bonds. The minimum atomic E-state index is 0.108. The SMILES string of the molecule is CCCCC1=CC(C(C)(C)C2c3ccc(C(C)(C)C)cc3-c3cc(C(C)(C)C)ccc32)C=C1.CN.CN.CN. The molecule has 39 heavy (non-hydrogen) atoms. The van der Waals surface area contributed by atoms with Crippen molar-refractivity contribution in [1.29, 1.82) is 0 Å². The first-order chi connectivity index (χ1) is 18.3. The molecule has 2 aromatic carbocycles. The fourth-order valence-corrected chi connectivity index (χ4v) is 5.76. The molecule has 0 heterocycles. The second kappa shape index (κ2) is 14.4. The summed E-state index contributed by atoms with van der Waals surface area (Å²) >= 11 is 0. The fourth-order valence-electron chi connectivity index (χ4n) is 5.76. The number of rotatable bonds is 5. The molecule has 2 aromatic rings. The van der Waals surface area contributed by atoms with Crippen LogP contribution in [-0.2, 0) is 10.8 Å². The number of allylic oxidation sites excluding steroid dienone is 4. The van der Waals surface area contributed by atoms with Crippen molar-refractivity contribution < 1.29 is 0 Å². The molecule has 3 nitrogen and oxygen atoms in total. The zero-order chi connectivity index (χ0) is 30.2. The van der Waals surface area contributed by atoms with E-state index in [0.29, 0.717) is 11.8 Å². The highest BCUT2D eigenvalue weighted by Gasteiger charge is 2.43. The normalized spacial score (nSPS) is 16.1. The maximum absolute atomic E-state index is 4.50. The second-order valence-corrected chi connectivity index (χ2v) is 13.1. The minimum absolute atomic E-state index is 0.108. The molecule has 0 radical (unpaired) electrons. The maximum atomic E-state index is 4.50. The van der Waals surface area contributed by atoms with Gasteiger partial charge in [-0.05, 0) is 83.6 Å². The molecular weight excluding hydrogens is 474 g/mol. The van der Waals surface area contributed by atoms with E-state index in [1.807, 2.05) is 0 Å². The topological polar surface area (TPSA) is 78.1 Å². The lowest BCUT2D eigenvalue weighted by molar-refractivity contribution is 0.267. The highest BCUT2D eigenvalue weighted by atomic mass is 14.5. The van der Waals surface area contributed by atoms with Gasteiger partial charge in [0.1, 0.15) is 0 Å². The zero-order valence-corrected chi connectivity index (χ0v) is 27.2. The molecule has 0 aliphatic heterocycles. The lowest BCUT2D eigenvalue weighted by Crippen LogP contribution is -2.28. The predicted octanol–water partition coefficient (Wildman–Crippen LogP) is 8.45. The van der Waals surface area contributed by atoms with E-state index in [1.165, 1.54) is 79.4 Å². The average molecular weight is 534 g/mol. The summed E-state index contributed by atoms with van der Waals surface area (Å²) in [6, 6.07) is 14.6. The summed E-state index contributed by atoms with van der Waals surface area (Å²) in [5, 5.41) is 0. The van der Waals surface area contributed by atoms with E-state index in [2.05, 4.69) is 134 Å². The Bertz CT molecular complexity index is 1040. The first kappa shape index (κ1) is 34.8. The largest absolute Gasteiger partial charge is 0.333 e. The molecule has 2 aliphatic carbocycles. The van der Waals surface area contributed by atoms with Gasteiger partial charge in [-0.1, -0.05) is 129 Å². The van der Waals surface area contributed by atoms with Gasteiger partial charge in [0.2, 0.25) is 0 Å². The van der Waals surface area contributed by atoms with Crippen molar-refractivity contribution in [3.05, 3.63) is 82.5 Å². The Morgan fingerprint density at radius 3 is 1.49 bits per heavy atom. The molecule has 0 aromatic heterocycles. The summed E-state index contributed by atoms with van der Waals surface area (Å²) in [4.78, 5) is 0. The second-order valence-electron chi connectivity index (χ2n) is 13.1. The highest BCUT2D eigenvalue weighted by Crippen LogP contribution is 2.57. The molecule has 0 saturated carbocycles. The van der Waals surface area contributed by atoms with Crippen LogP contribution in [0.3, 0.4) is 0 Å². The van der Waals surface area contributed by atoms with Crippen LogP contribution in [0.25, 0.3) is 11.1 Å². The van der Waals surface area contributed by atoms with Crippen molar-refractivity contribution in [3.8, 4) is 11.1 Å². The van der Waals surface area contributed by atoms with E-state index in [9.17, 15) is 0 Å². The summed E-state index contributed by atoms with van der Waals surface area (Å²) in [6.07, 6.45) is 11.2. The number of nitrogens with two attached hydrogens (primary N) is 3. The Labute approximate surface area is 241 Å². The number of fused-ring (bicyclic) bond motifs is 3. The third kappa shape index (κ3) is 7.72. The molecule has 6 N–H and O–H groups in total. The molecular formula is C36H59N3. The van der Waals surface area contributed by atoms with Crippen LogP contribution in [0.4, 0.5) is 0 Å². The van der Waals surface area contributed by atoms with Crippen molar-refractivity contribution in [2.75, 3.05) is 21.1 Å². The van der Waals surface area contributed by atoms with E-state index in [1.54, 1.807) is 0 Å². The molecule has 2 aliphatic rings. The van der Waals surface area contributed by atoms with Gasteiger partial charge in [0.15, 0.2) is 0 Å². The van der Waals surface area contributed by atoms with Crippen LogP contribution >= 0.6 is 0 Å². The number of unbranched alkanes of at least 4 members (excludes halogenated alkanes) is 1. The van der Waals surface area contributed by atoms with Crippen LogP contribution in [0, 0.1) is 11.3 Å². The van der Waals surface area contributed by atoms with E-state index in [-0.39, 0.29) is 16.2 Å². The van der Waals surface area contributed by atoms with E-state index >= 15 is 0 Å². The van der Waals surface area contributed by atoms with Gasteiger partial charge in [0.05, 0.1) is 0 Å². The summed E-state index contributed by atoms with van der Waals surface area (Å²) in [5.74, 6) is 0.875. The number of hydrogen-bond acceptors (Lipinski definition) is 3. The van der Waals surface area contributed by atoms with Gasteiger partial charge in [-0.25, -0.2) is 0 Å². The Balaban J connectivity index is 0.00000119. The first-order valence-electron chi connectivity index (χ1n) is 14.8. The van der Waals surface area contributed by atoms with Crippen molar-refractivity contribution >= 4 is 0 Å². The molecule has 0 bridgehead atoms. The van der Waals surface area contributed by atoms with Gasteiger partial charge in [0.25, 0.3) is 0 Å². The van der Waals surface area contributed by atoms with Crippen LogP contribution in [0.15, 0.2) is 60.2 Å².